The Kier molecular flexibility index (Phi) is 9.86. The maximum atomic E-state index is 15.2. The Morgan fingerprint density at radius 3 is 2.19 bits per heavy atom. The minimum atomic E-state index is -1.20. The average Bonchev–Trinajstić information content (AvgIpc) is 3.67. The highest BCUT2D eigenvalue weighted by molar-refractivity contribution is 5.99. The number of benzene rings is 2. The van der Waals surface area contributed by atoms with Crippen LogP contribution in [0.5, 0.6) is 0 Å². The number of ether oxygens (including phenoxy) is 1. The van der Waals surface area contributed by atoms with E-state index in [9.17, 15) is 14.7 Å². The molecule has 1 spiro atoms. The van der Waals surface area contributed by atoms with Crippen molar-refractivity contribution in [2.24, 2.45) is 17.3 Å². The second-order valence-electron chi connectivity index (χ2n) is 15.2. The van der Waals surface area contributed by atoms with Crippen LogP contribution in [0, 0.1) is 17.3 Å². The lowest BCUT2D eigenvalue weighted by Gasteiger charge is -2.46. The largest absolute Gasteiger partial charge is 0.394 e. The third kappa shape index (κ3) is 6.42. The number of fused-ring (bicyclic) bond motifs is 1. The molecular weight excluding hydrogens is 590 g/mol. The van der Waals surface area contributed by atoms with Crippen LogP contribution in [0.25, 0.3) is 0 Å². The van der Waals surface area contributed by atoms with Crippen molar-refractivity contribution in [2.45, 2.75) is 89.8 Å². The first kappa shape index (κ1) is 34.6. The molecule has 5 rings (SSSR count). The molecule has 47 heavy (non-hydrogen) atoms. The number of carbonyl (C=O) groups excluding carboxylic acids is 3. The molecule has 6 atom stereocenters. The molecule has 252 valence electrons. The minimum absolute atomic E-state index is 0.0833. The lowest BCUT2D eigenvalue weighted by Crippen LogP contribution is -2.61. The number of aliphatic hydroxyl groups excluding tert-OH is 1. The smallest absolute Gasteiger partial charge is 0.249 e. The van der Waals surface area contributed by atoms with Gasteiger partial charge in [0.05, 0.1) is 30.6 Å². The number of nitrogens with zero attached hydrogens (tertiary/aromatic N) is 3. The Morgan fingerprint density at radius 2 is 1.62 bits per heavy atom. The molecule has 1 N–H and O–H groups in total. The summed E-state index contributed by atoms with van der Waals surface area (Å²) in [6.07, 6.45) is 4.67. The molecule has 2 unspecified atom stereocenters. The van der Waals surface area contributed by atoms with Crippen molar-refractivity contribution in [3.8, 4) is 0 Å². The highest BCUT2D eigenvalue weighted by Gasteiger charge is 2.75. The lowest BCUT2D eigenvalue weighted by molar-refractivity contribution is -0.156. The molecule has 3 aliphatic heterocycles. The van der Waals surface area contributed by atoms with Gasteiger partial charge in [-0.3, -0.25) is 14.4 Å². The molecule has 2 bridgehead atoms. The fourth-order valence-corrected chi connectivity index (χ4v) is 8.73. The molecule has 0 radical (unpaired) electrons. The number of likely N-dealkylation sites (tertiary alicyclic amines) is 1. The van der Waals surface area contributed by atoms with Crippen LogP contribution in [0.1, 0.15) is 71.0 Å². The quantitative estimate of drug-likeness (QED) is 0.290. The number of carbonyl (C=O) groups is 3. The lowest BCUT2D eigenvalue weighted by atomic mass is 9.70. The molecule has 3 fully saturated rings. The molecule has 8 nitrogen and oxygen atoms in total. The SMILES string of the molecule is C=CCN(Cc1ccccc1)C(=O)[C@@H]1[C@@H]2CCC3(O2)C(C(=O)N(CC=C)C(C)(C)CC(C)(C)C)N([C@H](CO)c2ccccc2)C(=O)[C@H]13. The fraction of sp³-hybridized carbons (Fsp3) is 0.513. The number of hydrogen-bond donors (Lipinski definition) is 1. The number of amides is 3. The summed E-state index contributed by atoms with van der Waals surface area (Å²) < 4.78 is 6.81. The summed E-state index contributed by atoms with van der Waals surface area (Å²) in [5.41, 5.74) is -0.182. The van der Waals surface area contributed by atoms with E-state index in [1.807, 2.05) is 79.4 Å². The summed E-state index contributed by atoms with van der Waals surface area (Å²) in [5.74, 6) is -2.36. The molecule has 0 saturated carbocycles. The third-order valence-electron chi connectivity index (χ3n) is 10.1. The summed E-state index contributed by atoms with van der Waals surface area (Å²) in [5, 5.41) is 10.9. The van der Waals surface area contributed by atoms with Crippen LogP contribution in [-0.2, 0) is 25.7 Å². The molecule has 2 aromatic rings. The number of aliphatic hydroxyl groups is 1. The van der Waals surface area contributed by atoms with E-state index in [4.69, 9.17) is 4.74 Å². The predicted molar refractivity (Wildman–Crippen MR) is 183 cm³/mol. The van der Waals surface area contributed by atoms with E-state index in [-0.39, 0.29) is 36.3 Å². The molecule has 3 amide bonds. The van der Waals surface area contributed by atoms with E-state index in [1.165, 1.54) is 0 Å². The Bertz CT molecular complexity index is 1470. The van der Waals surface area contributed by atoms with Crippen molar-refractivity contribution in [2.75, 3.05) is 19.7 Å². The van der Waals surface area contributed by atoms with Gasteiger partial charge in [-0.05, 0) is 49.7 Å². The highest BCUT2D eigenvalue weighted by atomic mass is 16.5. The van der Waals surface area contributed by atoms with Crippen molar-refractivity contribution in [1.29, 1.82) is 0 Å². The van der Waals surface area contributed by atoms with Crippen LogP contribution in [-0.4, -0.2) is 80.5 Å². The minimum Gasteiger partial charge on any atom is -0.394 e. The second kappa shape index (κ2) is 13.4. The Hall–Kier alpha value is -3.75. The predicted octanol–water partition coefficient (Wildman–Crippen LogP) is 5.54. The first-order valence-electron chi connectivity index (χ1n) is 16.8. The summed E-state index contributed by atoms with van der Waals surface area (Å²) >= 11 is 0. The zero-order chi connectivity index (χ0) is 34.1. The molecule has 3 aliphatic rings. The van der Waals surface area contributed by atoms with Gasteiger partial charge in [0.25, 0.3) is 0 Å². The fourth-order valence-electron chi connectivity index (χ4n) is 8.73. The van der Waals surface area contributed by atoms with Gasteiger partial charge < -0.3 is 24.5 Å². The number of hydrogen-bond acceptors (Lipinski definition) is 5. The normalized spacial score (nSPS) is 25.7. The Morgan fingerprint density at radius 1 is 1.00 bits per heavy atom. The monoisotopic (exact) mass is 641 g/mol. The van der Waals surface area contributed by atoms with Crippen LogP contribution in [0.3, 0.4) is 0 Å². The van der Waals surface area contributed by atoms with Gasteiger partial charge in [-0.1, -0.05) is 93.6 Å². The van der Waals surface area contributed by atoms with Gasteiger partial charge >= 0.3 is 0 Å². The van der Waals surface area contributed by atoms with Crippen molar-refractivity contribution in [3.05, 3.63) is 97.1 Å². The van der Waals surface area contributed by atoms with E-state index in [0.717, 1.165) is 11.1 Å². The van der Waals surface area contributed by atoms with E-state index < -0.39 is 41.2 Å². The third-order valence-corrected chi connectivity index (χ3v) is 10.1. The molecule has 0 aliphatic carbocycles. The molecule has 8 heteroatoms. The zero-order valence-electron chi connectivity index (χ0n) is 28.6. The van der Waals surface area contributed by atoms with E-state index in [2.05, 4.69) is 33.9 Å². The first-order valence-corrected chi connectivity index (χ1v) is 16.8. The topological polar surface area (TPSA) is 90.4 Å². The summed E-state index contributed by atoms with van der Waals surface area (Å²) in [6, 6.07) is 17.2. The van der Waals surface area contributed by atoms with Gasteiger partial charge in [-0.25, -0.2) is 0 Å². The first-order chi connectivity index (χ1) is 22.3. The average molecular weight is 642 g/mol. The van der Waals surface area contributed by atoms with Crippen LogP contribution < -0.4 is 0 Å². The summed E-state index contributed by atoms with van der Waals surface area (Å²) in [6.45, 7) is 19.0. The molecular formula is C39H51N3O5. The van der Waals surface area contributed by atoms with Crippen molar-refractivity contribution in [1.82, 2.24) is 14.7 Å². The van der Waals surface area contributed by atoms with Gasteiger partial charge in [-0.2, -0.15) is 0 Å². The summed E-state index contributed by atoms with van der Waals surface area (Å²) in [4.78, 5) is 49.7. The van der Waals surface area contributed by atoms with Crippen LogP contribution in [0.15, 0.2) is 86.0 Å². The zero-order valence-corrected chi connectivity index (χ0v) is 28.6. The van der Waals surface area contributed by atoms with Crippen molar-refractivity contribution in [3.63, 3.8) is 0 Å². The maximum Gasteiger partial charge on any atom is 0.249 e. The Labute approximate surface area is 280 Å². The van der Waals surface area contributed by atoms with Gasteiger partial charge in [0, 0.05) is 25.2 Å². The summed E-state index contributed by atoms with van der Waals surface area (Å²) in [7, 11) is 0. The maximum absolute atomic E-state index is 15.2. The van der Waals surface area contributed by atoms with E-state index in [0.29, 0.717) is 32.4 Å². The molecule has 3 heterocycles. The molecule has 3 saturated heterocycles. The van der Waals surface area contributed by atoms with Crippen molar-refractivity contribution >= 4 is 17.7 Å². The van der Waals surface area contributed by atoms with E-state index in [1.54, 1.807) is 22.0 Å². The highest BCUT2D eigenvalue weighted by Crippen LogP contribution is 2.60. The van der Waals surface area contributed by atoms with E-state index >= 15 is 4.79 Å². The molecule has 2 aromatic carbocycles. The van der Waals surface area contributed by atoms with Gasteiger partial charge in [0.2, 0.25) is 17.7 Å². The van der Waals surface area contributed by atoms with Gasteiger partial charge in [-0.15, -0.1) is 13.2 Å². The number of rotatable bonds is 13. The van der Waals surface area contributed by atoms with Gasteiger partial charge in [0.15, 0.2) is 0 Å². The van der Waals surface area contributed by atoms with Crippen molar-refractivity contribution < 1.29 is 24.2 Å². The van der Waals surface area contributed by atoms with Crippen LogP contribution in [0.4, 0.5) is 0 Å². The Balaban J connectivity index is 1.61. The standard InChI is InChI=1S/C39H51N3O5/c1-8-22-40(24-27-16-12-10-13-17-27)34(44)31-30-20-21-39(47-30)32(31)35(45)42(29(25-43)28-18-14-11-15-19-28)33(39)36(46)41(23-9-2)38(6,7)26-37(3,4)5/h8-19,29-33,43H,1-2,20-26H2,3-7H3/t29-,30+,31-,32+,33?,39?/m1/s1. The van der Waals surface area contributed by atoms with Crippen LogP contribution >= 0.6 is 0 Å². The second-order valence-corrected chi connectivity index (χ2v) is 15.2. The van der Waals surface area contributed by atoms with Gasteiger partial charge in [0.1, 0.15) is 11.6 Å². The molecule has 0 aromatic heterocycles. The van der Waals surface area contributed by atoms with Crippen LogP contribution in [0.2, 0.25) is 0 Å².